The molecule has 0 spiro atoms. The average molecular weight is 444 g/mol. The van der Waals surface area contributed by atoms with E-state index in [1.54, 1.807) is 0 Å². The Labute approximate surface area is 193 Å². The van der Waals surface area contributed by atoms with Gasteiger partial charge in [0.2, 0.25) is 5.95 Å². The fraction of sp³-hybridized carbons (Fsp3) is 0.308. The van der Waals surface area contributed by atoms with Crippen molar-refractivity contribution in [2.75, 3.05) is 11.9 Å². The molecule has 1 aromatic heterocycles. The summed E-state index contributed by atoms with van der Waals surface area (Å²) < 4.78 is 0. The number of nitrogens with two attached hydrogens (primary N) is 1. The Balaban J connectivity index is 1.41. The molecule has 3 aromatic rings. The second-order valence-corrected chi connectivity index (χ2v) is 8.39. The number of hydrogen-bond donors (Lipinski definition) is 3. The van der Waals surface area contributed by atoms with Crippen LogP contribution in [0, 0.1) is 0 Å². The Morgan fingerprint density at radius 2 is 1.82 bits per heavy atom. The van der Waals surface area contributed by atoms with Gasteiger partial charge in [0.15, 0.2) is 0 Å². The van der Waals surface area contributed by atoms with Gasteiger partial charge in [-0.15, -0.1) is 0 Å². The van der Waals surface area contributed by atoms with Crippen LogP contribution in [0.1, 0.15) is 68.9 Å². The van der Waals surface area contributed by atoms with Gasteiger partial charge in [0.1, 0.15) is 0 Å². The van der Waals surface area contributed by atoms with Crippen molar-refractivity contribution >= 4 is 17.8 Å². The number of primary amides is 1. The lowest BCUT2D eigenvalue weighted by Gasteiger charge is -2.17. The zero-order valence-electron chi connectivity index (χ0n) is 18.8. The molecule has 0 saturated carbocycles. The minimum Gasteiger partial charge on any atom is -0.365 e. The van der Waals surface area contributed by atoms with E-state index in [2.05, 4.69) is 26.7 Å². The van der Waals surface area contributed by atoms with E-state index in [1.807, 2.05) is 49.4 Å². The molecule has 2 aromatic carbocycles. The first-order valence-corrected chi connectivity index (χ1v) is 11.4. The molecule has 4 N–H and O–H groups in total. The van der Waals surface area contributed by atoms with Gasteiger partial charge < -0.3 is 16.4 Å². The highest BCUT2D eigenvalue weighted by molar-refractivity contribution is 5.95. The third kappa shape index (κ3) is 5.55. The number of hydrogen-bond acceptors (Lipinski definition) is 5. The van der Waals surface area contributed by atoms with Crippen molar-refractivity contribution in [3.05, 3.63) is 88.2 Å². The van der Waals surface area contributed by atoms with Gasteiger partial charge in [-0.2, -0.15) is 0 Å². The van der Waals surface area contributed by atoms with Crippen molar-refractivity contribution in [1.82, 2.24) is 15.3 Å². The molecular formula is C26H29N5O2. The molecule has 0 fully saturated rings. The summed E-state index contributed by atoms with van der Waals surface area (Å²) in [5.74, 6) is -0.310. The minimum absolute atomic E-state index is 0.0119. The summed E-state index contributed by atoms with van der Waals surface area (Å²) in [5.41, 5.74) is 10.6. The number of nitrogens with zero attached hydrogens (tertiary/aromatic N) is 2. The number of rotatable bonds is 8. The summed E-state index contributed by atoms with van der Waals surface area (Å²) in [5, 5.41) is 6.19. The molecule has 1 heterocycles. The van der Waals surface area contributed by atoms with Crippen molar-refractivity contribution in [2.24, 2.45) is 5.73 Å². The first-order chi connectivity index (χ1) is 16.0. The van der Waals surface area contributed by atoms with Crippen LogP contribution >= 0.6 is 0 Å². The van der Waals surface area contributed by atoms with Crippen LogP contribution in [0.5, 0.6) is 0 Å². The summed E-state index contributed by atoms with van der Waals surface area (Å²) in [6.45, 7) is 2.35. The highest BCUT2D eigenvalue weighted by Gasteiger charge is 2.16. The second-order valence-electron chi connectivity index (χ2n) is 8.39. The van der Waals surface area contributed by atoms with Crippen LogP contribution in [-0.4, -0.2) is 28.3 Å². The molecule has 33 heavy (non-hydrogen) atoms. The number of aromatic nitrogens is 2. The van der Waals surface area contributed by atoms with Crippen molar-refractivity contribution in [2.45, 2.75) is 45.1 Å². The monoisotopic (exact) mass is 443 g/mol. The van der Waals surface area contributed by atoms with Crippen molar-refractivity contribution in [3.63, 3.8) is 0 Å². The number of amides is 2. The molecule has 170 valence electrons. The molecule has 0 saturated heterocycles. The number of carbonyl (C=O) groups is 2. The fourth-order valence-electron chi connectivity index (χ4n) is 4.17. The topological polar surface area (TPSA) is 110 Å². The highest BCUT2D eigenvalue weighted by Crippen LogP contribution is 2.22. The number of benzene rings is 2. The molecule has 4 rings (SSSR count). The number of aryl methyl sites for hydroxylation is 2. The number of anilines is 1. The van der Waals surface area contributed by atoms with Crippen LogP contribution in [0.15, 0.2) is 54.7 Å². The summed E-state index contributed by atoms with van der Waals surface area (Å²) in [6.07, 6.45) is 6.29. The van der Waals surface area contributed by atoms with Crippen LogP contribution in [0.3, 0.4) is 0 Å². The summed E-state index contributed by atoms with van der Waals surface area (Å²) in [4.78, 5) is 33.3. The highest BCUT2D eigenvalue weighted by atomic mass is 16.2. The molecule has 0 radical (unpaired) electrons. The molecule has 0 unspecified atom stereocenters. The van der Waals surface area contributed by atoms with E-state index in [1.165, 1.54) is 30.2 Å². The standard InChI is InChI=1S/C26H29N5O2/c1-17(18-7-3-2-4-8-18)30-26-29-16-22(24(27)32)23(31-26)13-14-28-25(33)21-12-11-19-9-5-6-10-20(19)15-21/h2-4,7-8,11-12,15-17H,5-6,9-10,13-14H2,1H3,(H2,27,32)(H,28,33)(H,29,30,31)/t17-/m1/s1. The molecule has 7 nitrogen and oxygen atoms in total. The molecule has 1 atom stereocenters. The normalized spacial score (nSPS) is 13.6. The molecule has 1 aliphatic carbocycles. The fourth-order valence-corrected chi connectivity index (χ4v) is 4.17. The summed E-state index contributed by atoms with van der Waals surface area (Å²) in [6, 6.07) is 15.9. The van der Waals surface area contributed by atoms with Gasteiger partial charge in [0.05, 0.1) is 17.3 Å². The molecule has 2 amide bonds. The molecule has 1 aliphatic rings. The zero-order chi connectivity index (χ0) is 23.2. The first-order valence-electron chi connectivity index (χ1n) is 11.4. The minimum atomic E-state index is -0.589. The quantitative estimate of drug-likeness (QED) is 0.493. The second kappa shape index (κ2) is 10.3. The number of carbonyl (C=O) groups excluding carboxylic acids is 2. The van der Waals surface area contributed by atoms with Crippen molar-refractivity contribution < 1.29 is 9.59 Å². The van der Waals surface area contributed by atoms with Gasteiger partial charge in [0, 0.05) is 24.7 Å². The van der Waals surface area contributed by atoms with Crippen LogP contribution in [0.4, 0.5) is 5.95 Å². The van der Waals surface area contributed by atoms with Gasteiger partial charge in [-0.3, -0.25) is 9.59 Å². The van der Waals surface area contributed by atoms with E-state index >= 15 is 0 Å². The number of fused-ring (bicyclic) bond motifs is 1. The van der Waals surface area contributed by atoms with Gasteiger partial charge in [-0.25, -0.2) is 9.97 Å². The largest absolute Gasteiger partial charge is 0.365 e. The predicted molar refractivity (Wildman–Crippen MR) is 128 cm³/mol. The molecule has 0 bridgehead atoms. The first kappa shape index (κ1) is 22.5. The maximum Gasteiger partial charge on any atom is 0.252 e. The van der Waals surface area contributed by atoms with E-state index in [4.69, 9.17) is 5.73 Å². The van der Waals surface area contributed by atoms with Gasteiger partial charge in [-0.1, -0.05) is 36.4 Å². The van der Waals surface area contributed by atoms with Gasteiger partial charge >= 0.3 is 0 Å². The van der Waals surface area contributed by atoms with Crippen molar-refractivity contribution in [1.29, 1.82) is 0 Å². The lowest BCUT2D eigenvalue weighted by molar-refractivity contribution is 0.0953. The summed E-state index contributed by atoms with van der Waals surface area (Å²) >= 11 is 0. The third-order valence-corrected chi connectivity index (χ3v) is 6.04. The van der Waals surface area contributed by atoms with Crippen LogP contribution in [-0.2, 0) is 19.3 Å². The third-order valence-electron chi connectivity index (χ3n) is 6.04. The van der Waals surface area contributed by atoms with E-state index in [0.717, 1.165) is 18.4 Å². The van der Waals surface area contributed by atoms with Crippen LogP contribution < -0.4 is 16.4 Å². The maximum atomic E-state index is 12.7. The van der Waals surface area contributed by atoms with Crippen LogP contribution in [0.2, 0.25) is 0 Å². The van der Waals surface area contributed by atoms with Crippen LogP contribution in [0.25, 0.3) is 0 Å². The van der Waals surface area contributed by atoms with Gasteiger partial charge in [-0.05, 0) is 61.4 Å². The van der Waals surface area contributed by atoms with E-state index in [9.17, 15) is 9.59 Å². The number of nitrogens with one attached hydrogen (secondary N) is 2. The van der Waals surface area contributed by atoms with E-state index in [0.29, 0.717) is 30.2 Å². The Morgan fingerprint density at radius 1 is 1.06 bits per heavy atom. The van der Waals surface area contributed by atoms with E-state index < -0.39 is 5.91 Å². The predicted octanol–water partition coefficient (Wildman–Crippen LogP) is 3.60. The Bertz CT molecular complexity index is 1150. The Hall–Kier alpha value is -3.74. The maximum absolute atomic E-state index is 12.7. The zero-order valence-corrected chi connectivity index (χ0v) is 18.8. The van der Waals surface area contributed by atoms with Gasteiger partial charge in [0.25, 0.3) is 11.8 Å². The molecular weight excluding hydrogens is 414 g/mol. The molecule has 7 heteroatoms. The Morgan fingerprint density at radius 3 is 2.58 bits per heavy atom. The molecule has 0 aliphatic heterocycles. The van der Waals surface area contributed by atoms with Crippen molar-refractivity contribution in [3.8, 4) is 0 Å². The lowest BCUT2D eigenvalue weighted by Crippen LogP contribution is -2.27. The average Bonchev–Trinajstić information content (AvgIpc) is 2.84. The SMILES string of the molecule is C[C@@H](Nc1ncc(C(N)=O)c(CCNC(=O)c2ccc3c(c2)CCCC3)n1)c1ccccc1. The van der Waals surface area contributed by atoms with E-state index in [-0.39, 0.29) is 17.5 Å². The Kier molecular flexibility index (Phi) is 6.98. The lowest BCUT2D eigenvalue weighted by atomic mass is 9.90. The smallest absolute Gasteiger partial charge is 0.252 e. The summed E-state index contributed by atoms with van der Waals surface area (Å²) in [7, 11) is 0.